The average Bonchev–Trinajstić information content (AvgIpc) is 2.15. The Morgan fingerprint density at radius 2 is 1.86 bits per heavy atom. The predicted octanol–water partition coefficient (Wildman–Crippen LogP) is 2.49. The molecule has 80 valence electrons. The average molecular weight is 195 g/mol. The highest BCUT2D eigenvalue weighted by molar-refractivity contribution is 5.39. The Morgan fingerprint density at radius 3 is 2.36 bits per heavy atom. The summed E-state index contributed by atoms with van der Waals surface area (Å²) in [6.07, 6.45) is 2.05. The number of aryl methyl sites for hydroxylation is 2. The van der Waals surface area contributed by atoms with Gasteiger partial charge in [0.2, 0.25) is 0 Å². The lowest BCUT2D eigenvalue weighted by molar-refractivity contribution is 0.463. The fraction of sp³-hybridized carbons (Fsp3) is 0.500. The van der Waals surface area contributed by atoms with Crippen LogP contribution in [0.3, 0.4) is 0 Å². The summed E-state index contributed by atoms with van der Waals surface area (Å²) in [6.45, 7) is 4.04. The van der Waals surface area contributed by atoms with Crippen LogP contribution in [-0.4, -0.2) is 19.2 Å². The van der Waals surface area contributed by atoms with Crippen molar-refractivity contribution in [2.75, 3.05) is 14.1 Å². The molecule has 0 aliphatic rings. The monoisotopic (exact) mass is 195 g/mol. The molecule has 1 rings (SSSR count). The van der Waals surface area contributed by atoms with Gasteiger partial charge in [-0.3, -0.25) is 0 Å². The lowest BCUT2D eigenvalue weighted by Gasteiger charge is -2.04. The molecule has 0 heterocycles. The van der Waals surface area contributed by atoms with Gasteiger partial charge in [0.05, 0.1) is 0 Å². The van der Waals surface area contributed by atoms with Crippen molar-refractivity contribution < 1.29 is 5.11 Å². The van der Waals surface area contributed by atoms with Gasteiger partial charge in [-0.15, -0.1) is 0 Å². The molecule has 0 radical (unpaired) electrons. The van der Waals surface area contributed by atoms with Crippen molar-refractivity contribution in [3.05, 3.63) is 29.3 Å². The van der Waals surface area contributed by atoms with Crippen molar-refractivity contribution in [3.63, 3.8) is 0 Å². The van der Waals surface area contributed by atoms with E-state index >= 15 is 0 Å². The number of hydrogen-bond donors (Lipinski definition) is 2. The van der Waals surface area contributed by atoms with Crippen LogP contribution in [0.5, 0.6) is 5.75 Å². The van der Waals surface area contributed by atoms with E-state index in [1.807, 2.05) is 39.2 Å². The molecule has 1 aromatic carbocycles. The zero-order valence-corrected chi connectivity index (χ0v) is 9.59. The molecule has 2 nitrogen and oxygen atoms in total. The van der Waals surface area contributed by atoms with E-state index in [4.69, 9.17) is 0 Å². The first kappa shape index (κ1) is 13.0. The van der Waals surface area contributed by atoms with Gasteiger partial charge in [0.1, 0.15) is 5.75 Å². The molecule has 2 heteroatoms. The van der Waals surface area contributed by atoms with E-state index in [1.165, 1.54) is 0 Å². The molecule has 0 saturated carbocycles. The SMILES string of the molecule is CCCc1cccc(C)c1O.CNC. The Hall–Kier alpha value is -1.02. The van der Waals surface area contributed by atoms with Gasteiger partial charge >= 0.3 is 0 Å². The largest absolute Gasteiger partial charge is 0.507 e. The van der Waals surface area contributed by atoms with Crippen LogP contribution in [-0.2, 0) is 6.42 Å². The molecule has 0 fully saturated rings. The molecule has 2 N–H and O–H groups in total. The van der Waals surface area contributed by atoms with E-state index in [1.54, 1.807) is 0 Å². The summed E-state index contributed by atoms with van der Waals surface area (Å²) in [4.78, 5) is 0. The second kappa shape index (κ2) is 7.39. The minimum atomic E-state index is 0.467. The third kappa shape index (κ3) is 4.28. The van der Waals surface area contributed by atoms with Gasteiger partial charge in [-0.1, -0.05) is 31.5 Å². The molecular weight excluding hydrogens is 174 g/mol. The van der Waals surface area contributed by atoms with Crippen molar-refractivity contribution in [2.45, 2.75) is 26.7 Å². The van der Waals surface area contributed by atoms with Crippen LogP contribution < -0.4 is 5.32 Å². The highest BCUT2D eigenvalue weighted by Gasteiger charge is 2.00. The van der Waals surface area contributed by atoms with Gasteiger partial charge in [0.15, 0.2) is 0 Å². The predicted molar refractivity (Wildman–Crippen MR) is 61.8 cm³/mol. The molecule has 0 aliphatic carbocycles. The topological polar surface area (TPSA) is 32.3 Å². The van der Waals surface area contributed by atoms with Crippen molar-refractivity contribution in [1.82, 2.24) is 5.32 Å². The molecule has 0 atom stereocenters. The zero-order valence-electron chi connectivity index (χ0n) is 9.59. The number of para-hydroxylation sites is 1. The summed E-state index contributed by atoms with van der Waals surface area (Å²) in [6, 6.07) is 5.89. The second-order valence-electron chi connectivity index (χ2n) is 3.33. The van der Waals surface area contributed by atoms with Crippen LogP contribution in [0.1, 0.15) is 24.5 Å². The van der Waals surface area contributed by atoms with Crippen LogP contribution in [0.4, 0.5) is 0 Å². The van der Waals surface area contributed by atoms with Gasteiger partial charge in [0, 0.05) is 0 Å². The Kier molecular flexibility index (Phi) is 6.85. The fourth-order valence-electron chi connectivity index (χ4n) is 1.19. The van der Waals surface area contributed by atoms with Gasteiger partial charge in [-0.25, -0.2) is 0 Å². The Bertz CT molecular complexity index is 258. The van der Waals surface area contributed by atoms with Crippen molar-refractivity contribution in [3.8, 4) is 5.75 Å². The van der Waals surface area contributed by atoms with E-state index in [2.05, 4.69) is 12.2 Å². The smallest absolute Gasteiger partial charge is 0.121 e. The third-order valence-electron chi connectivity index (χ3n) is 1.84. The van der Waals surface area contributed by atoms with Crippen LogP contribution >= 0.6 is 0 Å². The highest BCUT2D eigenvalue weighted by atomic mass is 16.3. The standard InChI is InChI=1S/C10H14O.C2H7N/c1-3-5-9-7-4-6-8(2)10(9)11;1-3-2/h4,6-7,11H,3,5H2,1-2H3;3H,1-2H3. The normalized spacial score (nSPS) is 9.14. The molecule has 14 heavy (non-hydrogen) atoms. The number of rotatable bonds is 2. The second-order valence-corrected chi connectivity index (χ2v) is 3.33. The molecule has 0 amide bonds. The van der Waals surface area contributed by atoms with Crippen molar-refractivity contribution in [1.29, 1.82) is 0 Å². The summed E-state index contributed by atoms with van der Waals surface area (Å²) >= 11 is 0. The molecule has 0 saturated heterocycles. The van der Waals surface area contributed by atoms with E-state index in [0.29, 0.717) is 5.75 Å². The molecular formula is C12H21NO. The summed E-state index contributed by atoms with van der Waals surface area (Å²) < 4.78 is 0. The first-order valence-electron chi connectivity index (χ1n) is 5.03. The third-order valence-corrected chi connectivity index (χ3v) is 1.84. The molecule has 0 bridgehead atoms. The van der Waals surface area contributed by atoms with Gasteiger partial charge in [0.25, 0.3) is 0 Å². The van der Waals surface area contributed by atoms with Crippen LogP contribution in [0.25, 0.3) is 0 Å². The molecule has 0 aliphatic heterocycles. The van der Waals surface area contributed by atoms with Gasteiger partial charge < -0.3 is 10.4 Å². The lowest BCUT2D eigenvalue weighted by atomic mass is 10.1. The number of phenolic OH excluding ortho intramolecular Hbond substituents is 1. The van der Waals surface area contributed by atoms with Crippen molar-refractivity contribution in [2.24, 2.45) is 0 Å². The summed E-state index contributed by atoms with van der Waals surface area (Å²) in [7, 11) is 3.75. The van der Waals surface area contributed by atoms with E-state index in [9.17, 15) is 5.11 Å². The number of benzene rings is 1. The molecule has 0 unspecified atom stereocenters. The minimum Gasteiger partial charge on any atom is -0.507 e. The summed E-state index contributed by atoms with van der Waals surface area (Å²) in [5, 5.41) is 12.3. The minimum absolute atomic E-state index is 0.467. The number of phenols is 1. The zero-order chi connectivity index (χ0) is 11.0. The Morgan fingerprint density at radius 1 is 1.29 bits per heavy atom. The van der Waals surface area contributed by atoms with E-state index in [0.717, 1.165) is 24.0 Å². The summed E-state index contributed by atoms with van der Waals surface area (Å²) in [5.41, 5.74) is 2.03. The Balaban J connectivity index is 0.000000500. The number of aromatic hydroxyl groups is 1. The number of hydrogen-bond acceptors (Lipinski definition) is 2. The van der Waals surface area contributed by atoms with E-state index in [-0.39, 0.29) is 0 Å². The summed E-state index contributed by atoms with van der Waals surface area (Å²) in [5.74, 6) is 0.467. The molecule has 0 spiro atoms. The quantitative estimate of drug-likeness (QED) is 0.760. The lowest BCUT2D eigenvalue weighted by Crippen LogP contribution is -1.89. The van der Waals surface area contributed by atoms with Crippen LogP contribution in [0.2, 0.25) is 0 Å². The fourth-order valence-corrected chi connectivity index (χ4v) is 1.19. The van der Waals surface area contributed by atoms with Gasteiger partial charge in [-0.05, 0) is 38.6 Å². The van der Waals surface area contributed by atoms with E-state index < -0.39 is 0 Å². The van der Waals surface area contributed by atoms with Crippen LogP contribution in [0, 0.1) is 6.92 Å². The highest BCUT2D eigenvalue weighted by Crippen LogP contribution is 2.22. The first-order valence-corrected chi connectivity index (χ1v) is 5.03. The number of nitrogens with one attached hydrogen (secondary N) is 1. The first-order chi connectivity index (χ1) is 6.67. The molecule has 0 aromatic heterocycles. The van der Waals surface area contributed by atoms with Crippen LogP contribution in [0.15, 0.2) is 18.2 Å². The maximum Gasteiger partial charge on any atom is 0.121 e. The van der Waals surface area contributed by atoms with Gasteiger partial charge in [-0.2, -0.15) is 0 Å². The Labute approximate surface area is 87.0 Å². The van der Waals surface area contributed by atoms with Crippen molar-refractivity contribution >= 4 is 0 Å². The molecule has 1 aromatic rings. The maximum atomic E-state index is 9.53. The maximum absolute atomic E-state index is 9.53.